The Morgan fingerprint density at radius 1 is 0.808 bits per heavy atom. The van der Waals surface area contributed by atoms with E-state index >= 15 is 0 Å². The third-order valence-corrected chi connectivity index (χ3v) is 6.98. The van der Waals surface area contributed by atoms with Crippen LogP contribution in [0.4, 0.5) is 11.4 Å². The van der Waals surface area contributed by atoms with E-state index in [0.29, 0.717) is 0 Å². The zero-order chi connectivity index (χ0) is 18.5. The van der Waals surface area contributed by atoms with Crippen molar-refractivity contribution in [1.82, 2.24) is 0 Å². The smallest absolute Gasteiger partial charge is 0.246 e. The second-order valence-electron chi connectivity index (χ2n) is 7.27. The first-order chi connectivity index (χ1) is 12.3. The highest BCUT2D eigenvalue weighted by molar-refractivity contribution is 7.91. The minimum absolute atomic E-state index is 0.0135. The number of aryl methyl sites for hydroxylation is 2. The lowest BCUT2D eigenvalue weighted by Crippen LogP contribution is -2.62. The molecule has 0 radical (unpaired) electrons. The van der Waals surface area contributed by atoms with Crippen LogP contribution in [0.2, 0.25) is 0 Å². The van der Waals surface area contributed by atoms with Gasteiger partial charge in [-0.25, -0.2) is 8.42 Å². The molecule has 5 nitrogen and oxygen atoms in total. The Kier molecular flexibility index (Phi) is 4.03. The number of sulfone groups is 1. The maximum absolute atomic E-state index is 13.0. The van der Waals surface area contributed by atoms with E-state index in [4.69, 9.17) is 0 Å². The minimum Gasteiger partial charge on any atom is -0.356 e. The molecule has 0 saturated carbocycles. The summed E-state index contributed by atoms with van der Waals surface area (Å²) in [5, 5.41) is 0. The number of carbonyl (C=O) groups is 1. The summed E-state index contributed by atoms with van der Waals surface area (Å²) < 4.78 is 24.8. The van der Waals surface area contributed by atoms with Gasteiger partial charge in [0.2, 0.25) is 5.91 Å². The predicted octanol–water partition coefficient (Wildman–Crippen LogP) is 2.32. The van der Waals surface area contributed by atoms with Crippen molar-refractivity contribution >= 4 is 27.1 Å². The first-order valence-electron chi connectivity index (χ1n) is 8.76. The molecular formula is C20H22N2O3S. The number of hydrogen-bond donors (Lipinski definition) is 0. The molecule has 0 aliphatic carbocycles. The van der Waals surface area contributed by atoms with E-state index < -0.39 is 9.84 Å². The van der Waals surface area contributed by atoms with Gasteiger partial charge in [0, 0.05) is 11.4 Å². The highest BCUT2D eigenvalue weighted by Gasteiger charge is 2.49. The van der Waals surface area contributed by atoms with Crippen LogP contribution >= 0.6 is 0 Å². The van der Waals surface area contributed by atoms with Gasteiger partial charge < -0.3 is 9.80 Å². The SMILES string of the molecule is Cc1ccc(N2CC(=O)N(c3ccc(C)cc3)C3CS(=O)(=O)CC32)cc1. The molecule has 136 valence electrons. The molecule has 0 aromatic heterocycles. The van der Waals surface area contributed by atoms with E-state index in [-0.39, 0.29) is 36.0 Å². The van der Waals surface area contributed by atoms with Crippen LogP contribution in [0.25, 0.3) is 0 Å². The molecule has 4 rings (SSSR count). The molecule has 2 heterocycles. The van der Waals surface area contributed by atoms with E-state index in [0.717, 1.165) is 22.5 Å². The van der Waals surface area contributed by atoms with Gasteiger partial charge in [0.1, 0.15) is 0 Å². The lowest BCUT2D eigenvalue weighted by Gasteiger charge is -2.44. The predicted molar refractivity (Wildman–Crippen MR) is 103 cm³/mol. The Labute approximate surface area is 154 Å². The summed E-state index contributed by atoms with van der Waals surface area (Å²) in [6, 6.07) is 15.0. The summed E-state index contributed by atoms with van der Waals surface area (Å²) in [6.07, 6.45) is 0. The lowest BCUT2D eigenvalue weighted by molar-refractivity contribution is -0.118. The van der Waals surface area contributed by atoms with Crippen molar-refractivity contribution in [3.8, 4) is 0 Å². The molecule has 2 aromatic rings. The molecular weight excluding hydrogens is 348 g/mol. The second-order valence-corrected chi connectivity index (χ2v) is 9.43. The number of anilines is 2. The number of rotatable bonds is 2. The zero-order valence-corrected chi connectivity index (χ0v) is 15.7. The number of nitrogens with zero attached hydrogens (tertiary/aromatic N) is 2. The normalized spacial score (nSPS) is 24.6. The molecule has 2 saturated heterocycles. The molecule has 2 fully saturated rings. The van der Waals surface area contributed by atoms with Gasteiger partial charge in [0.25, 0.3) is 0 Å². The van der Waals surface area contributed by atoms with E-state index in [1.54, 1.807) is 4.90 Å². The Morgan fingerprint density at radius 3 is 1.88 bits per heavy atom. The van der Waals surface area contributed by atoms with E-state index in [2.05, 4.69) is 0 Å². The van der Waals surface area contributed by atoms with Crippen LogP contribution in [0.5, 0.6) is 0 Å². The van der Waals surface area contributed by atoms with Gasteiger partial charge in [0.05, 0.1) is 30.1 Å². The molecule has 0 N–H and O–H groups in total. The summed E-state index contributed by atoms with van der Waals surface area (Å²) in [4.78, 5) is 16.6. The molecule has 2 atom stereocenters. The first-order valence-corrected chi connectivity index (χ1v) is 10.6. The maximum Gasteiger partial charge on any atom is 0.246 e. The van der Waals surface area contributed by atoms with Gasteiger partial charge in [-0.15, -0.1) is 0 Å². The zero-order valence-electron chi connectivity index (χ0n) is 14.9. The average molecular weight is 370 g/mol. The van der Waals surface area contributed by atoms with Gasteiger partial charge >= 0.3 is 0 Å². The van der Waals surface area contributed by atoms with Crippen molar-refractivity contribution < 1.29 is 13.2 Å². The van der Waals surface area contributed by atoms with Crippen LogP contribution in [0.3, 0.4) is 0 Å². The topological polar surface area (TPSA) is 57.7 Å². The van der Waals surface area contributed by atoms with Crippen LogP contribution in [-0.2, 0) is 14.6 Å². The standard InChI is InChI=1S/C20H22N2O3S/c1-14-3-7-16(8-4-14)21-11-20(23)22(17-9-5-15(2)6-10-17)19-13-26(24,25)12-18(19)21/h3-10,18-19H,11-13H2,1-2H3. The van der Waals surface area contributed by atoms with Gasteiger partial charge in [-0.2, -0.15) is 0 Å². The highest BCUT2D eigenvalue weighted by atomic mass is 32.2. The third-order valence-electron chi connectivity index (χ3n) is 5.28. The number of amides is 1. The van der Waals surface area contributed by atoms with E-state index in [1.165, 1.54) is 0 Å². The molecule has 0 bridgehead atoms. The Morgan fingerprint density at radius 2 is 1.31 bits per heavy atom. The van der Waals surface area contributed by atoms with Crippen LogP contribution in [-0.4, -0.2) is 44.5 Å². The number of piperazine rings is 1. The van der Waals surface area contributed by atoms with E-state index in [1.807, 2.05) is 67.3 Å². The van der Waals surface area contributed by atoms with Crippen LogP contribution in [0, 0.1) is 13.8 Å². The molecule has 2 aliphatic rings. The summed E-state index contributed by atoms with van der Waals surface area (Å²) in [7, 11) is -3.19. The van der Waals surface area contributed by atoms with Crippen LogP contribution in [0.1, 0.15) is 11.1 Å². The van der Waals surface area contributed by atoms with Crippen molar-refractivity contribution in [2.75, 3.05) is 27.9 Å². The number of carbonyl (C=O) groups excluding carboxylic acids is 1. The number of benzene rings is 2. The first kappa shape index (κ1) is 17.1. The quantitative estimate of drug-likeness (QED) is 0.814. The molecule has 2 aromatic carbocycles. The van der Waals surface area contributed by atoms with Gasteiger partial charge in [-0.05, 0) is 38.1 Å². The number of fused-ring (bicyclic) bond motifs is 1. The summed E-state index contributed by atoms with van der Waals surface area (Å²) in [5.74, 6) is 0.0358. The minimum atomic E-state index is -3.19. The fourth-order valence-electron chi connectivity index (χ4n) is 3.94. The van der Waals surface area contributed by atoms with Crippen molar-refractivity contribution in [1.29, 1.82) is 0 Å². The molecule has 1 amide bonds. The van der Waals surface area contributed by atoms with Crippen molar-refractivity contribution in [3.63, 3.8) is 0 Å². The fourth-order valence-corrected chi connectivity index (χ4v) is 5.89. The van der Waals surface area contributed by atoms with Gasteiger partial charge in [-0.3, -0.25) is 4.79 Å². The van der Waals surface area contributed by atoms with Crippen LogP contribution in [0.15, 0.2) is 48.5 Å². The van der Waals surface area contributed by atoms with E-state index in [9.17, 15) is 13.2 Å². The van der Waals surface area contributed by atoms with Crippen molar-refractivity contribution in [3.05, 3.63) is 59.7 Å². The third kappa shape index (κ3) is 2.98. The van der Waals surface area contributed by atoms with Gasteiger partial charge in [0.15, 0.2) is 9.84 Å². The van der Waals surface area contributed by atoms with Crippen molar-refractivity contribution in [2.45, 2.75) is 25.9 Å². The van der Waals surface area contributed by atoms with Gasteiger partial charge in [-0.1, -0.05) is 35.4 Å². The highest BCUT2D eigenvalue weighted by Crippen LogP contribution is 2.34. The molecule has 0 spiro atoms. The summed E-state index contributed by atoms with van der Waals surface area (Å²) in [6.45, 7) is 4.19. The Balaban J connectivity index is 1.74. The average Bonchev–Trinajstić information content (AvgIpc) is 2.91. The maximum atomic E-state index is 13.0. The molecule has 6 heteroatoms. The monoisotopic (exact) mass is 370 g/mol. The Hall–Kier alpha value is -2.34. The fraction of sp³-hybridized carbons (Fsp3) is 0.350. The summed E-state index contributed by atoms with van der Waals surface area (Å²) in [5.41, 5.74) is 3.92. The second kappa shape index (κ2) is 6.13. The van der Waals surface area contributed by atoms with Crippen molar-refractivity contribution in [2.24, 2.45) is 0 Å². The molecule has 26 heavy (non-hydrogen) atoms. The molecule has 2 aliphatic heterocycles. The largest absolute Gasteiger partial charge is 0.356 e. The lowest BCUT2D eigenvalue weighted by atomic mass is 10.0. The number of hydrogen-bond acceptors (Lipinski definition) is 4. The molecule has 2 unspecified atom stereocenters. The Bertz CT molecular complexity index is 936. The summed E-state index contributed by atoms with van der Waals surface area (Å²) >= 11 is 0. The van der Waals surface area contributed by atoms with Crippen LogP contribution < -0.4 is 9.80 Å².